The molecule has 0 radical (unpaired) electrons. The summed E-state index contributed by atoms with van der Waals surface area (Å²) in [6.07, 6.45) is 4.05. The summed E-state index contributed by atoms with van der Waals surface area (Å²) < 4.78 is 0. The second-order valence-corrected chi connectivity index (χ2v) is 7.82. The fourth-order valence-electron chi connectivity index (χ4n) is 4.01. The third kappa shape index (κ3) is 4.03. The number of amides is 2. The lowest BCUT2D eigenvalue weighted by atomic mass is 10.1. The number of anilines is 3. The summed E-state index contributed by atoms with van der Waals surface area (Å²) in [4.78, 5) is 29.2. The van der Waals surface area contributed by atoms with Crippen LogP contribution in [0.1, 0.15) is 31.2 Å². The molecule has 2 saturated heterocycles. The van der Waals surface area contributed by atoms with Crippen LogP contribution in [-0.4, -0.2) is 31.4 Å². The number of aryl methyl sites for hydroxylation is 1. The zero-order valence-corrected chi connectivity index (χ0v) is 16.4. The monoisotopic (exact) mass is 377 g/mol. The fraction of sp³-hybridized carbons (Fsp3) is 0.391. The van der Waals surface area contributed by atoms with Crippen LogP contribution in [0.25, 0.3) is 0 Å². The van der Waals surface area contributed by atoms with E-state index in [9.17, 15) is 9.59 Å². The largest absolute Gasteiger partial charge is 0.372 e. The summed E-state index contributed by atoms with van der Waals surface area (Å²) in [6, 6.07) is 15.9. The molecule has 5 nitrogen and oxygen atoms in total. The third-order valence-electron chi connectivity index (χ3n) is 5.70. The third-order valence-corrected chi connectivity index (χ3v) is 5.70. The minimum atomic E-state index is -0.324. The van der Waals surface area contributed by atoms with Crippen LogP contribution in [0.3, 0.4) is 0 Å². The van der Waals surface area contributed by atoms with Crippen molar-refractivity contribution in [3.63, 3.8) is 0 Å². The minimum Gasteiger partial charge on any atom is -0.372 e. The van der Waals surface area contributed by atoms with Gasteiger partial charge < -0.3 is 15.1 Å². The molecule has 4 rings (SSSR count). The van der Waals surface area contributed by atoms with Crippen molar-refractivity contribution in [2.75, 3.05) is 34.8 Å². The van der Waals surface area contributed by atoms with Gasteiger partial charge in [-0.3, -0.25) is 9.59 Å². The minimum absolute atomic E-state index is 0.00412. The van der Waals surface area contributed by atoms with E-state index < -0.39 is 0 Å². The first kappa shape index (κ1) is 18.5. The molecule has 0 saturated carbocycles. The van der Waals surface area contributed by atoms with Crippen molar-refractivity contribution in [3.05, 3.63) is 54.1 Å². The Morgan fingerprint density at radius 3 is 2.25 bits per heavy atom. The molecule has 1 N–H and O–H groups in total. The summed E-state index contributed by atoms with van der Waals surface area (Å²) in [7, 11) is 0. The quantitative estimate of drug-likeness (QED) is 0.877. The topological polar surface area (TPSA) is 52.7 Å². The Morgan fingerprint density at radius 1 is 0.929 bits per heavy atom. The van der Waals surface area contributed by atoms with E-state index in [0.717, 1.165) is 30.0 Å². The number of nitrogens with one attached hydrogen (secondary N) is 1. The normalized spacial score (nSPS) is 19.8. The molecule has 146 valence electrons. The van der Waals surface area contributed by atoms with E-state index in [1.54, 1.807) is 4.90 Å². The standard InChI is InChI=1S/C23H27N3O2/c1-17-5-9-21(10-6-17)26-16-18(15-22(26)27)23(28)24-19-7-11-20(12-8-19)25-13-3-2-4-14-25/h5-12,18H,2-4,13-16H2,1H3,(H,24,28)/t18-/m0/s1. The van der Waals surface area contributed by atoms with E-state index in [2.05, 4.69) is 22.3 Å². The lowest BCUT2D eigenvalue weighted by Crippen LogP contribution is -2.29. The van der Waals surface area contributed by atoms with Crippen molar-refractivity contribution >= 4 is 28.9 Å². The average Bonchev–Trinajstić information content (AvgIpc) is 3.12. The summed E-state index contributed by atoms with van der Waals surface area (Å²) in [5.41, 5.74) is 4.00. The summed E-state index contributed by atoms with van der Waals surface area (Å²) >= 11 is 0. The number of carbonyl (C=O) groups excluding carboxylic acids is 2. The maximum atomic E-state index is 12.7. The maximum Gasteiger partial charge on any atom is 0.229 e. The van der Waals surface area contributed by atoms with Gasteiger partial charge in [0.05, 0.1) is 5.92 Å². The first-order valence-electron chi connectivity index (χ1n) is 10.1. The van der Waals surface area contributed by atoms with Gasteiger partial charge in [-0.05, 0) is 62.6 Å². The van der Waals surface area contributed by atoms with Crippen molar-refractivity contribution in [2.45, 2.75) is 32.6 Å². The van der Waals surface area contributed by atoms with Crippen molar-refractivity contribution < 1.29 is 9.59 Å². The van der Waals surface area contributed by atoms with Crippen LogP contribution in [0.4, 0.5) is 17.1 Å². The van der Waals surface area contributed by atoms with Crippen LogP contribution in [-0.2, 0) is 9.59 Å². The van der Waals surface area contributed by atoms with Gasteiger partial charge in [-0.1, -0.05) is 17.7 Å². The number of carbonyl (C=O) groups is 2. The van der Waals surface area contributed by atoms with Gasteiger partial charge in [0.2, 0.25) is 11.8 Å². The van der Waals surface area contributed by atoms with E-state index in [1.807, 2.05) is 43.3 Å². The highest BCUT2D eigenvalue weighted by atomic mass is 16.2. The number of rotatable bonds is 4. The molecule has 0 spiro atoms. The highest BCUT2D eigenvalue weighted by molar-refractivity contribution is 6.03. The zero-order valence-electron chi connectivity index (χ0n) is 16.4. The lowest BCUT2D eigenvalue weighted by molar-refractivity contribution is -0.122. The zero-order chi connectivity index (χ0) is 19.5. The number of piperidine rings is 1. The highest BCUT2D eigenvalue weighted by Crippen LogP contribution is 2.27. The van der Waals surface area contributed by atoms with Crippen LogP contribution < -0.4 is 15.1 Å². The maximum absolute atomic E-state index is 12.7. The number of nitrogens with zero attached hydrogens (tertiary/aromatic N) is 2. The molecule has 2 aromatic carbocycles. The van der Waals surface area contributed by atoms with Gasteiger partial charge in [0, 0.05) is 43.1 Å². The number of hydrogen-bond acceptors (Lipinski definition) is 3. The Kier molecular flexibility index (Phi) is 5.33. The SMILES string of the molecule is Cc1ccc(N2C[C@@H](C(=O)Nc3ccc(N4CCCCC4)cc3)CC2=O)cc1. The molecule has 2 aliphatic heterocycles. The van der Waals surface area contributed by atoms with Gasteiger partial charge in [-0.25, -0.2) is 0 Å². The van der Waals surface area contributed by atoms with E-state index in [-0.39, 0.29) is 24.2 Å². The van der Waals surface area contributed by atoms with Gasteiger partial charge in [-0.15, -0.1) is 0 Å². The van der Waals surface area contributed by atoms with Crippen molar-refractivity contribution in [1.29, 1.82) is 0 Å². The Bertz CT molecular complexity index is 839. The molecule has 2 aromatic rings. The van der Waals surface area contributed by atoms with Gasteiger partial charge >= 0.3 is 0 Å². The smallest absolute Gasteiger partial charge is 0.229 e. The second-order valence-electron chi connectivity index (χ2n) is 7.82. The van der Waals surface area contributed by atoms with Gasteiger partial charge in [-0.2, -0.15) is 0 Å². The summed E-state index contributed by atoms with van der Waals surface area (Å²) in [5.74, 6) is -0.409. The first-order valence-corrected chi connectivity index (χ1v) is 10.1. The van der Waals surface area contributed by atoms with Crippen LogP contribution >= 0.6 is 0 Å². The molecule has 2 aliphatic rings. The highest BCUT2D eigenvalue weighted by Gasteiger charge is 2.35. The van der Waals surface area contributed by atoms with Crippen LogP contribution in [0, 0.1) is 12.8 Å². The molecule has 28 heavy (non-hydrogen) atoms. The second kappa shape index (κ2) is 8.05. The number of hydrogen-bond donors (Lipinski definition) is 1. The molecule has 5 heteroatoms. The average molecular weight is 377 g/mol. The van der Waals surface area contributed by atoms with Crippen LogP contribution in [0.2, 0.25) is 0 Å². The van der Waals surface area contributed by atoms with E-state index >= 15 is 0 Å². The summed E-state index contributed by atoms with van der Waals surface area (Å²) in [6.45, 7) is 4.65. The predicted molar refractivity (Wildman–Crippen MR) is 113 cm³/mol. The Labute approximate surface area is 166 Å². The molecule has 0 aromatic heterocycles. The van der Waals surface area contributed by atoms with Gasteiger partial charge in [0.15, 0.2) is 0 Å². The fourth-order valence-corrected chi connectivity index (χ4v) is 4.01. The van der Waals surface area contributed by atoms with Crippen molar-refractivity contribution in [3.8, 4) is 0 Å². The Hall–Kier alpha value is -2.82. The van der Waals surface area contributed by atoms with Crippen molar-refractivity contribution in [1.82, 2.24) is 0 Å². The van der Waals surface area contributed by atoms with E-state index in [1.165, 1.54) is 24.9 Å². The molecule has 0 aliphatic carbocycles. The van der Waals surface area contributed by atoms with Gasteiger partial charge in [0.1, 0.15) is 0 Å². The molecule has 2 fully saturated rings. The number of benzene rings is 2. The molecule has 0 bridgehead atoms. The molecular weight excluding hydrogens is 350 g/mol. The van der Waals surface area contributed by atoms with Crippen LogP contribution in [0.5, 0.6) is 0 Å². The van der Waals surface area contributed by atoms with Gasteiger partial charge in [0.25, 0.3) is 0 Å². The van der Waals surface area contributed by atoms with E-state index in [0.29, 0.717) is 6.54 Å². The molecule has 2 heterocycles. The summed E-state index contributed by atoms with van der Waals surface area (Å²) in [5, 5.41) is 2.98. The Balaban J connectivity index is 1.37. The lowest BCUT2D eigenvalue weighted by Gasteiger charge is -2.28. The first-order chi connectivity index (χ1) is 13.6. The van der Waals surface area contributed by atoms with Crippen molar-refractivity contribution in [2.24, 2.45) is 5.92 Å². The molecule has 2 amide bonds. The predicted octanol–water partition coefficient (Wildman–Crippen LogP) is 3.98. The molecular formula is C23H27N3O2. The van der Waals surface area contributed by atoms with E-state index in [4.69, 9.17) is 0 Å². The molecule has 0 unspecified atom stereocenters. The van der Waals surface area contributed by atoms with Crippen LogP contribution in [0.15, 0.2) is 48.5 Å². The Morgan fingerprint density at radius 2 is 1.57 bits per heavy atom. The molecule has 1 atom stereocenters.